The smallest absolute Gasteiger partial charge is 0.264 e. The van der Waals surface area contributed by atoms with Gasteiger partial charge in [-0.25, -0.2) is 8.42 Å². The van der Waals surface area contributed by atoms with E-state index in [0.717, 1.165) is 18.7 Å². The van der Waals surface area contributed by atoms with Gasteiger partial charge in [0, 0.05) is 19.6 Å². The Morgan fingerprint density at radius 2 is 1.33 bits per heavy atom. The molecule has 0 spiro atoms. The Kier molecular flexibility index (Phi) is 8.89. The van der Waals surface area contributed by atoms with Crippen molar-refractivity contribution in [2.24, 2.45) is 11.8 Å². The van der Waals surface area contributed by atoms with Gasteiger partial charge < -0.3 is 10.0 Å². The SMILES string of the molecule is Cc1ccc(N(C[C@H](O)CN(CC(C)C)CC(C)C)S(=O)(=O)c2ccccc2)cc1. The number of anilines is 1. The van der Waals surface area contributed by atoms with E-state index >= 15 is 0 Å². The second kappa shape index (κ2) is 10.9. The molecular weight excluding hydrogens is 396 g/mol. The maximum atomic E-state index is 13.4. The number of aliphatic hydroxyl groups is 1. The third-order valence-electron chi connectivity index (χ3n) is 4.75. The molecule has 0 aliphatic rings. The summed E-state index contributed by atoms with van der Waals surface area (Å²) in [5.74, 6) is 0.939. The molecule has 166 valence electrons. The minimum atomic E-state index is -3.79. The molecule has 1 N–H and O–H groups in total. The maximum absolute atomic E-state index is 13.4. The first-order valence-electron chi connectivity index (χ1n) is 10.6. The van der Waals surface area contributed by atoms with Gasteiger partial charge in [-0.1, -0.05) is 63.6 Å². The first kappa shape index (κ1) is 24.4. The van der Waals surface area contributed by atoms with E-state index in [0.29, 0.717) is 24.1 Å². The molecular formula is C24H36N2O3S. The topological polar surface area (TPSA) is 60.9 Å². The number of aryl methyl sites for hydroxylation is 1. The van der Waals surface area contributed by atoms with Crippen LogP contribution in [0.25, 0.3) is 0 Å². The zero-order chi connectivity index (χ0) is 22.3. The fraction of sp³-hybridized carbons (Fsp3) is 0.500. The normalized spacial score (nSPS) is 13.2. The maximum Gasteiger partial charge on any atom is 0.264 e. The van der Waals surface area contributed by atoms with E-state index in [4.69, 9.17) is 0 Å². The molecule has 0 heterocycles. The van der Waals surface area contributed by atoms with E-state index in [1.165, 1.54) is 4.31 Å². The lowest BCUT2D eigenvalue weighted by Gasteiger charge is -2.31. The minimum Gasteiger partial charge on any atom is -0.390 e. The molecule has 30 heavy (non-hydrogen) atoms. The lowest BCUT2D eigenvalue weighted by atomic mass is 10.1. The van der Waals surface area contributed by atoms with E-state index in [1.54, 1.807) is 42.5 Å². The van der Waals surface area contributed by atoms with Gasteiger partial charge in [0.05, 0.1) is 23.2 Å². The van der Waals surface area contributed by atoms with Crippen molar-refractivity contribution in [3.63, 3.8) is 0 Å². The zero-order valence-corrected chi connectivity index (χ0v) is 19.6. The van der Waals surface area contributed by atoms with E-state index in [9.17, 15) is 13.5 Å². The summed E-state index contributed by atoms with van der Waals surface area (Å²) < 4.78 is 28.1. The Hall–Kier alpha value is -1.89. The molecule has 0 radical (unpaired) electrons. The molecule has 0 bridgehead atoms. The van der Waals surface area contributed by atoms with Crippen LogP contribution in [0.3, 0.4) is 0 Å². The predicted molar refractivity (Wildman–Crippen MR) is 124 cm³/mol. The Morgan fingerprint density at radius 1 is 0.800 bits per heavy atom. The van der Waals surface area contributed by atoms with Crippen LogP contribution >= 0.6 is 0 Å². The molecule has 0 saturated heterocycles. The monoisotopic (exact) mass is 432 g/mol. The first-order valence-corrected chi connectivity index (χ1v) is 12.1. The second-order valence-electron chi connectivity index (χ2n) is 8.84. The molecule has 0 saturated carbocycles. The van der Waals surface area contributed by atoms with E-state index in [-0.39, 0.29) is 11.4 Å². The number of nitrogens with zero attached hydrogens (tertiary/aromatic N) is 2. The largest absolute Gasteiger partial charge is 0.390 e. The Labute approximate surface area is 182 Å². The number of rotatable bonds is 11. The molecule has 0 unspecified atom stereocenters. The van der Waals surface area contributed by atoms with Crippen molar-refractivity contribution in [1.29, 1.82) is 0 Å². The lowest BCUT2D eigenvalue weighted by molar-refractivity contribution is 0.104. The quantitative estimate of drug-likeness (QED) is 0.579. The van der Waals surface area contributed by atoms with E-state index in [2.05, 4.69) is 32.6 Å². The summed E-state index contributed by atoms with van der Waals surface area (Å²) in [6.07, 6.45) is -0.803. The molecule has 0 amide bonds. The summed E-state index contributed by atoms with van der Waals surface area (Å²) in [6, 6.07) is 15.8. The summed E-state index contributed by atoms with van der Waals surface area (Å²) in [5.41, 5.74) is 1.61. The van der Waals surface area contributed by atoms with Gasteiger partial charge in [0.25, 0.3) is 10.0 Å². The molecule has 0 aliphatic carbocycles. The zero-order valence-electron chi connectivity index (χ0n) is 18.8. The van der Waals surface area contributed by atoms with Crippen molar-refractivity contribution in [3.8, 4) is 0 Å². The molecule has 2 aromatic carbocycles. The summed E-state index contributed by atoms with van der Waals surface area (Å²) >= 11 is 0. The van der Waals surface area contributed by atoms with Crippen molar-refractivity contribution >= 4 is 15.7 Å². The Balaban J connectivity index is 2.29. The molecule has 6 heteroatoms. The highest BCUT2D eigenvalue weighted by Crippen LogP contribution is 2.24. The molecule has 1 atom stereocenters. The van der Waals surface area contributed by atoms with Crippen molar-refractivity contribution < 1.29 is 13.5 Å². The third kappa shape index (κ3) is 7.11. The van der Waals surface area contributed by atoms with Crippen LogP contribution in [0.4, 0.5) is 5.69 Å². The number of benzene rings is 2. The van der Waals surface area contributed by atoms with Crippen LogP contribution in [0.5, 0.6) is 0 Å². The highest BCUT2D eigenvalue weighted by atomic mass is 32.2. The van der Waals surface area contributed by atoms with Gasteiger partial charge in [-0.15, -0.1) is 0 Å². The van der Waals surface area contributed by atoms with E-state index in [1.807, 2.05) is 19.1 Å². The fourth-order valence-corrected chi connectivity index (χ4v) is 5.10. The van der Waals surface area contributed by atoms with Gasteiger partial charge in [-0.2, -0.15) is 0 Å². The van der Waals surface area contributed by atoms with Gasteiger partial charge in [0.1, 0.15) is 0 Å². The van der Waals surface area contributed by atoms with Crippen molar-refractivity contribution in [1.82, 2.24) is 4.90 Å². The molecule has 2 aromatic rings. The summed E-state index contributed by atoms with van der Waals surface area (Å²) in [6.45, 7) is 12.7. The van der Waals surface area contributed by atoms with Crippen molar-refractivity contribution in [2.75, 3.05) is 30.5 Å². The van der Waals surface area contributed by atoms with Crippen LogP contribution in [0.15, 0.2) is 59.5 Å². The predicted octanol–water partition coefficient (Wildman–Crippen LogP) is 4.17. The van der Waals surface area contributed by atoms with Crippen LogP contribution in [0.2, 0.25) is 0 Å². The average Bonchev–Trinajstić information content (AvgIpc) is 2.66. The van der Waals surface area contributed by atoms with Crippen molar-refractivity contribution in [2.45, 2.75) is 45.6 Å². The minimum absolute atomic E-state index is 0.00692. The molecule has 0 aromatic heterocycles. The molecule has 2 rings (SSSR count). The number of hydrogen-bond acceptors (Lipinski definition) is 4. The highest BCUT2D eigenvalue weighted by Gasteiger charge is 2.28. The van der Waals surface area contributed by atoms with Crippen LogP contribution < -0.4 is 4.31 Å². The first-order chi connectivity index (χ1) is 14.1. The summed E-state index contributed by atoms with van der Waals surface area (Å²) in [7, 11) is -3.79. The Morgan fingerprint density at radius 3 is 1.83 bits per heavy atom. The summed E-state index contributed by atoms with van der Waals surface area (Å²) in [4.78, 5) is 2.45. The number of aliphatic hydroxyl groups excluding tert-OH is 1. The fourth-order valence-electron chi connectivity index (χ4n) is 3.58. The standard InChI is InChI=1S/C24H36N2O3S/c1-19(2)15-25(16-20(3)4)17-23(27)18-26(22-13-11-21(5)12-14-22)30(28,29)24-9-7-6-8-10-24/h6-14,19-20,23,27H,15-18H2,1-5H3/t23-/m1/s1. The number of hydrogen-bond donors (Lipinski definition) is 1. The highest BCUT2D eigenvalue weighted by molar-refractivity contribution is 7.92. The third-order valence-corrected chi connectivity index (χ3v) is 6.55. The Bertz CT molecular complexity index is 855. The van der Waals surface area contributed by atoms with Crippen LogP contribution in [0.1, 0.15) is 33.3 Å². The number of sulfonamides is 1. The van der Waals surface area contributed by atoms with Crippen LogP contribution in [-0.2, 0) is 10.0 Å². The van der Waals surface area contributed by atoms with Crippen LogP contribution in [0, 0.1) is 18.8 Å². The second-order valence-corrected chi connectivity index (χ2v) is 10.7. The van der Waals surface area contributed by atoms with Gasteiger partial charge in [-0.3, -0.25) is 4.31 Å². The van der Waals surface area contributed by atoms with Gasteiger partial charge in [-0.05, 0) is 43.0 Å². The molecule has 0 aliphatic heterocycles. The van der Waals surface area contributed by atoms with E-state index < -0.39 is 16.1 Å². The van der Waals surface area contributed by atoms with Gasteiger partial charge >= 0.3 is 0 Å². The van der Waals surface area contributed by atoms with Crippen molar-refractivity contribution in [3.05, 3.63) is 60.2 Å². The average molecular weight is 433 g/mol. The molecule has 0 fully saturated rings. The van der Waals surface area contributed by atoms with Gasteiger partial charge in [0.2, 0.25) is 0 Å². The van der Waals surface area contributed by atoms with Gasteiger partial charge in [0.15, 0.2) is 0 Å². The summed E-state index contributed by atoms with van der Waals surface area (Å²) in [5, 5.41) is 10.9. The molecule has 5 nitrogen and oxygen atoms in total. The lowest BCUT2D eigenvalue weighted by Crippen LogP contribution is -2.44. The van der Waals surface area contributed by atoms with Crippen LogP contribution in [-0.4, -0.2) is 50.7 Å².